The summed E-state index contributed by atoms with van der Waals surface area (Å²) in [4.78, 5) is 0. The average molecular weight is 531 g/mol. The van der Waals surface area contributed by atoms with Crippen LogP contribution < -0.4 is 0 Å². The van der Waals surface area contributed by atoms with Gasteiger partial charge in [0.15, 0.2) is 0 Å². The molecule has 2 atom stereocenters. The second-order valence-electron chi connectivity index (χ2n) is 8.86. The Hall–Kier alpha value is 0.630. The van der Waals surface area contributed by atoms with Crippen molar-refractivity contribution in [1.82, 2.24) is 0 Å². The number of methoxy groups -OCH3 is 2. The van der Waals surface area contributed by atoms with Gasteiger partial charge in [0.25, 0.3) is 0 Å². The van der Waals surface area contributed by atoms with Crippen LogP contribution in [-0.2, 0) is 42.6 Å². The van der Waals surface area contributed by atoms with E-state index in [1.807, 2.05) is 69.2 Å². The topological polar surface area (TPSA) is 55.4 Å². The van der Waals surface area contributed by atoms with Crippen molar-refractivity contribution in [2.75, 3.05) is 14.2 Å². The van der Waals surface area contributed by atoms with E-state index >= 15 is 0 Å². The first-order chi connectivity index (χ1) is 11.1. The molecule has 7 heteroatoms. The van der Waals surface area contributed by atoms with E-state index < -0.39 is 45.5 Å². The Balaban J connectivity index is 5.93. The molecule has 2 unspecified atom stereocenters. The maximum absolute atomic E-state index is 6.36. The van der Waals surface area contributed by atoms with E-state index in [9.17, 15) is 0 Å². The Kier molecular flexibility index (Phi) is 10.5. The second kappa shape index (κ2) is 10.2. The first-order valence-electron chi connectivity index (χ1n) is 8.96. The van der Waals surface area contributed by atoms with E-state index in [1.54, 1.807) is 14.2 Å². The fourth-order valence-corrected chi connectivity index (χ4v) is 13.2. The first kappa shape index (κ1) is 25.6. The monoisotopic (exact) mass is 532 g/mol. The van der Waals surface area contributed by atoms with E-state index in [4.69, 9.17) is 20.9 Å². The molecule has 0 bridgehead atoms. The van der Waals surface area contributed by atoms with Crippen molar-refractivity contribution in [2.24, 2.45) is 11.8 Å². The van der Waals surface area contributed by atoms with E-state index in [0.29, 0.717) is 0 Å². The van der Waals surface area contributed by atoms with Gasteiger partial charge in [-0.1, -0.05) is 0 Å². The van der Waals surface area contributed by atoms with Crippen molar-refractivity contribution in [3.8, 4) is 0 Å². The summed E-state index contributed by atoms with van der Waals surface area (Å²) in [5.41, 5.74) is -0.977. The van der Waals surface area contributed by atoms with Crippen LogP contribution in [0.1, 0.15) is 69.2 Å². The molecule has 0 fully saturated rings. The van der Waals surface area contributed by atoms with Gasteiger partial charge in [0.2, 0.25) is 0 Å². The van der Waals surface area contributed by atoms with E-state index in [1.165, 1.54) is 0 Å². The fraction of sp³-hybridized carbons (Fsp3) is 1.00. The predicted molar refractivity (Wildman–Crippen MR) is 95.1 cm³/mol. The minimum atomic E-state index is -4.71. The van der Waals surface area contributed by atoms with E-state index in [-0.39, 0.29) is 11.8 Å². The summed E-state index contributed by atoms with van der Waals surface area (Å²) in [5, 5.41) is 0. The summed E-state index contributed by atoms with van der Waals surface area (Å²) in [6.45, 7) is 19.9. The van der Waals surface area contributed by atoms with Gasteiger partial charge in [-0.2, -0.15) is 0 Å². The van der Waals surface area contributed by atoms with Gasteiger partial charge in [0, 0.05) is 0 Å². The van der Waals surface area contributed by atoms with Crippen molar-refractivity contribution in [3.05, 3.63) is 0 Å². The molecule has 0 aromatic heterocycles. The number of hydrogen-bond acceptors (Lipinski definition) is 6. The van der Waals surface area contributed by atoms with Crippen LogP contribution in [0.2, 0.25) is 0 Å². The van der Waals surface area contributed by atoms with Crippen LogP contribution in [0.25, 0.3) is 0 Å². The van der Waals surface area contributed by atoms with Gasteiger partial charge in [0.05, 0.1) is 0 Å². The zero-order chi connectivity index (χ0) is 20.1. The molecule has 0 aromatic rings. The molecule has 0 rings (SSSR count). The SMILES string of the molecule is COC([O][Hf]([O]C(OC)C(C)C)([O]C(C)(C)C)[O]C(C)(C)C)C(C)C. The van der Waals surface area contributed by atoms with Crippen LogP contribution in [0.3, 0.4) is 0 Å². The van der Waals surface area contributed by atoms with Crippen LogP contribution in [0.15, 0.2) is 0 Å². The molecule has 0 aromatic carbocycles. The van der Waals surface area contributed by atoms with Crippen LogP contribution >= 0.6 is 0 Å². The third-order valence-corrected chi connectivity index (χ3v) is 12.9. The maximum atomic E-state index is 6.36. The quantitative estimate of drug-likeness (QED) is 0.301. The molecular weight excluding hydrogens is 491 g/mol. The van der Waals surface area contributed by atoms with Gasteiger partial charge in [-0.15, -0.1) is 0 Å². The fourth-order valence-electron chi connectivity index (χ4n) is 2.09. The molecule has 0 aliphatic rings. The summed E-state index contributed by atoms with van der Waals surface area (Å²) >= 11 is -4.71. The molecular formula is C18H40HfO6. The summed E-state index contributed by atoms with van der Waals surface area (Å²) < 4.78 is 36.4. The molecule has 0 N–H and O–H groups in total. The zero-order valence-electron chi connectivity index (χ0n) is 18.3. The van der Waals surface area contributed by atoms with Gasteiger partial charge in [-0.05, 0) is 0 Å². The molecule has 0 aliphatic heterocycles. The third kappa shape index (κ3) is 10.5. The summed E-state index contributed by atoms with van der Waals surface area (Å²) in [6, 6.07) is 0. The number of rotatable bonds is 10. The Bertz CT molecular complexity index is 337. The van der Waals surface area contributed by atoms with Crippen LogP contribution in [-0.4, -0.2) is 38.0 Å². The Morgan fingerprint density at radius 1 is 0.600 bits per heavy atom. The van der Waals surface area contributed by atoms with Gasteiger partial charge >= 0.3 is 162 Å². The van der Waals surface area contributed by atoms with Gasteiger partial charge in [0.1, 0.15) is 0 Å². The second-order valence-corrected chi connectivity index (χ2v) is 15.6. The Labute approximate surface area is 161 Å². The van der Waals surface area contributed by atoms with Crippen molar-refractivity contribution >= 4 is 0 Å². The zero-order valence-corrected chi connectivity index (χ0v) is 21.9. The summed E-state index contributed by atoms with van der Waals surface area (Å²) in [5.74, 6) is 0.250. The molecule has 0 saturated heterocycles. The van der Waals surface area contributed by atoms with E-state index in [0.717, 1.165) is 0 Å². The third-order valence-electron chi connectivity index (χ3n) is 2.94. The molecule has 6 nitrogen and oxygen atoms in total. The van der Waals surface area contributed by atoms with Crippen LogP contribution in [0.5, 0.6) is 0 Å². The number of ether oxygens (including phenoxy) is 2. The molecule has 0 spiro atoms. The molecule has 0 radical (unpaired) electrons. The van der Waals surface area contributed by atoms with Crippen LogP contribution in [0, 0.1) is 11.8 Å². The standard InChI is InChI=1S/2C5H11O2.2C4H9O.Hf/c2*1-4(2)5(6)7-3;2*1-4(2,3)5;/h2*4-5H,1-3H3;2*1-3H3;/q4*-1;+4. The molecule has 25 heavy (non-hydrogen) atoms. The molecule has 0 heterocycles. The molecule has 0 aliphatic carbocycles. The Morgan fingerprint density at radius 3 is 1.04 bits per heavy atom. The minimum absolute atomic E-state index is 0.125. The summed E-state index contributed by atoms with van der Waals surface area (Å²) in [7, 11) is 3.24. The molecule has 0 saturated carbocycles. The Morgan fingerprint density at radius 2 is 0.880 bits per heavy atom. The average Bonchev–Trinajstić information content (AvgIpc) is 2.37. The molecule has 0 amide bonds. The van der Waals surface area contributed by atoms with E-state index in [2.05, 4.69) is 0 Å². The number of hydrogen-bond donors (Lipinski definition) is 0. The van der Waals surface area contributed by atoms with Crippen molar-refractivity contribution in [2.45, 2.75) is 93.0 Å². The normalized spacial score (nSPS) is 16.6. The van der Waals surface area contributed by atoms with Gasteiger partial charge < -0.3 is 0 Å². The van der Waals surface area contributed by atoms with Crippen molar-refractivity contribution in [1.29, 1.82) is 0 Å². The van der Waals surface area contributed by atoms with Crippen molar-refractivity contribution in [3.63, 3.8) is 0 Å². The van der Waals surface area contributed by atoms with Crippen molar-refractivity contribution < 1.29 is 42.6 Å². The molecule has 152 valence electrons. The summed E-state index contributed by atoms with van der Waals surface area (Å²) in [6.07, 6.45) is -0.952. The predicted octanol–water partition coefficient (Wildman–Crippen LogP) is 4.72. The first-order valence-corrected chi connectivity index (χ1v) is 14.8. The van der Waals surface area contributed by atoms with Crippen LogP contribution in [0.4, 0.5) is 0 Å². The van der Waals surface area contributed by atoms with Gasteiger partial charge in [-0.3, -0.25) is 0 Å². The van der Waals surface area contributed by atoms with Gasteiger partial charge in [-0.25, -0.2) is 0 Å².